The van der Waals surface area contributed by atoms with Gasteiger partial charge in [0.25, 0.3) is 5.91 Å². The van der Waals surface area contributed by atoms with Gasteiger partial charge in [-0.1, -0.05) is 12.1 Å². The fourth-order valence-corrected chi connectivity index (χ4v) is 4.73. The van der Waals surface area contributed by atoms with E-state index >= 15 is 0 Å². The largest absolute Gasteiger partial charge is 0.487 e. The lowest BCUT2D eigenvalue weighted by molar-refractivity contribution is 0.0750. The molecule has 1 aromatic carbocycles. The van der Waals surface area contributed by atoms with Gasteiger partial charge in [-0.05, 0) is 18.6 Å². The molecule has 2 N–H and O–H groups in total. The molecule has 1 fully saturated rings. The summed E-state index contributed by atoms with van der Waals surface area (Å²) in [7, 11) is -3.64. The average molecular weight is 362 g/mol. The molecule has 0 spiro atoms. The zero-order valence-electron chi connectivity index (χ0n) is 13.4. The smallest absolute Gasteiger partial charge is 0.271 e. The highest BCUT2D eigenvalue weighted by atomic mass is 32.2. The maximum Gasteiger partial charge on any atom is 0.271 e. The Morgan fingerprint density at radius 1 is 1.24 bits per heavy atom. The van der Waals surface area contributed by atoms with E-state index in [9.17, 15) is 13.2 Å². The Morgan fingerprint density at radius 2 is 2.04 bits per heavy atom. The number of likely N-dealkylation sites (tertiary alicyclic amines) is 1. The molecule has 2 aromatic rings. The number of fused-ring (bicyclic) bond motifs is 2. The van der Waals surface area contributed by atoms with Crippen molar-refractivity contribution < 1.29 is 17.9 Å². The van der Waals surface area contributed by atoms with Gasteiger partial charge in [0.2, 0.25) is 10.0 Å². The van der Waals surface area contributed by atoms with E-state index < -0.39 is 10.0 Å². The number of hydrogen-bond donors (Lipinski definition) is 2. The van der Waals surface area contributed by atoms with E-state index in [1.807, 2.05) is 0 Å². The summed E-state index contributed by atoms with van der Waals surface area (Å²) in [4.78, 5) is 21.0. The van der Waals surface area contributed by atoms with Crippen molar-refractivity contribution >= 4 is 15.9 Å². The van der Waals surface area contributed by atoms with E-state index in [2.05, 4.69) is 14.7 Å². The van der Waals surface area contributed by atoms with Crippen LogP contribution in [-0.2, 0) is 10.0 Å². The molecule has 0 aliphatic carbocycles. The van der Waals surface area contributed by atoms with Crippen molar-refractivity contribution in [1.29, 1.82) is 0 Å². The molecule has 1 saturated heterocycles. The highest BCUT2D eigenvalue weighted by molar-refractivity contribution is 7.89. The third-order valence-corrected chi connectivity index (χ3v) is 6.11. The summed E-state index contributed by atoms with van der Waals surface area (Å²) in [6, 6.07) is 6.25. The Hall–Kier alpha value is -2.39. The second-order valence-corrected chi connectivity index (χ2v) is 7.85. The number of hydrogen-bond acceptors (Lipinski definition) is 5. The molecule has 0 radical (unpaired) electrons. The zero-order valence-corrected chi connectivity index (χ0v) is 14.2. The highest BCUT2D eigenvalue weighted by Gasteiger charge is 2.37. The van der Waals surface area contributed by atoms with Crippen LogP contribution in [0.3, 0.4) is 0 Å². The van der Waals surface area contributed by atoms with E-state index in [0.717, 1.165) is 0 Å². The summed E-state index contributed by atoms with van der Waals surface area (Å²) < 4.78 is 33.9. The molecule has 2 atom stereocenters. The van der Waals surface area contributed by atoms with Gasteiger partial charge in [-0.25, -0.2) is 18.1 Å². The van der Waals surface area contributed by atoms with Gasteiger partial charge in [-0.15, -0.1) is 0 Å². The molecule has 2 aliphatic heterocycles. The minimum absolute atomic E-state index is 0.141. The van der Waals surface area contributed by atoms with Crippen LogP contribution in [0.25, 0.3) is 0 Å². The van der Waals surface area contributed by atoms with Crippen molar-refractivity contribution in [1.82, 2.24) is 19.6 Å². The van der Waals surface area contributed by atoms with Gasteiger partial charge in [-0.3, -0.25) is 4.79 Å². The summed E-state index contributed by atoms with van der Waals surface area (Å²) >= 11 is 0. The highest BCUT2D eigenvalue weighted by Crippen LogP contribution is 2.31. The van der Waals surface area contributed by atoms with Crippen LogP contribution in [-0.4, -0.2) is 54.4 Å². The van der Waals surface area contributed by atoms with Crippen LogP contribution in [0.4, 0.5) is 0 Å². The van der Waals surface area contributed by atoms with Gasteiger partial charge in [0.05, 0.1) is 18.6 Å². The number of carbonyl (C=O) groups excluding carboxylic acids is 1. The molecule has 9 heteroatoms. The normalized spacial score (nSPS) is 25.0. The van der Waals surface area contributed by atoms with Gasteiger partial charge >= 0.3 is 0 Å². The van der Waals surface area contributed by atoms with Crippen molar-refractivity contribution in [3.63, 3.8) is 0 Å². The molecule has 132 valence electrons. The second-order valence-electron chi connectivity index (χ2n) is 6.17. The molecule has 0 bridgehead atoms. The summed E-state index contributed by atoms with van der Waals surface area (Å²) in [6.07, 6.45) is 3.65. The Balaban J connectivity index is 1.58. The fourth-order valence-electron chi connectivity index (χ4n) is 3.29. The Bertz CT molecular complexity index is 881. The van der Waals surface area contributed by atoms with Crippen LogP contribution in [0.5, 0.6) is 5.75 Å². The molecular weight excluding hydrogens is 344 g/mol. The van der Waals surface area contributed by atoms with Gasteiger partial charge in [0.15, 0.2) is 0 Å². The van der Waals surface area contributed by atoms with E-state index in [4.69, 9.17) is 4.74 Å². The summed E-state index contributed by atoms with van der Waals surface area (Å²) in [5, 5.41) is 0. The third kappa shape index (κ3) is 3.00. The monoisotopic (exact) mass is 362 g/mol. The summed E-state index contributed by atoms with van der Waals surface area (Å²) in [5.41, 5.74) is 0.425. The topological polar surface area (TPSA) is 104 Å². The SMILES string of the molecule is O=C(c1cnc[nH]1)N1CC[C@@H]2NS(=O)(=O)c3ccccc3O[C@H]2CC1. The first-order valence-corrected chi connectivity index (χ1v) is 9.58. The average Bonchev–Trinajstić information content (AvgIpc) is 3.03. The Morgan fingerprint density at radius 3 is 2.84 bits per heavy atom. The minimum Gasteiger partial charge on any atom is -0.487 e. The molecule has 8 nitrogen and oxygen atoms in total. The van der Waals surface area contributed by atoms with Gasteiger partial charge in [-0.2, -0.15) is 0 Å². The fraction of sp³-hybridized carbons (Fsp3) is 0.375. The molecule has 25 heavy (non-hydrogen) atoms. The van der Waals surface area contributed by atoms with Crippen LogP contribution in [0.15, 0.2) is 41.7 Å². The van der Waals surface area contributed by atoms with E-state index in [1.165, 1.54) is 18.6 Å². The number of benzene rings is 1. The molecule has 0 saturated carbocycles. The number of nitrogens with one attached hydrogen (secondary N) is 2. The molecule has 1 aromatic heterocycles. The molecule has 3 heterocycles. The molecule has 2 aliphatic rings. The number of sulfonamides is 1. The van der Waals surface area contributed by atoms with Gasteiger partial charge in [0, 0.05) is 19.5 Å². The summed E-state index contributed by atoms with van der Waals surface area (Å²) in [5.74, 6) is 0.216. The number of amides is 1. The predicted molar refractivity (Wildman–Crippen MR) is 88.7 cm³/mol. The lowest BCUT2D eigenvalue weighted by Crippen LogP contribution is -2.43. The van der Waals surface area contributed by atoms with E-state index in [1.54, 1.807) is 23.1 Å². The minimum atomic E-state index is -3.64. The first-order valence-electron chi connectivity index (χ1n) is 8.10. The van der Waals surface area contributed by atoms with Crippen LogP contribution in [0.1, 0.15) is 23.3 Å². The first kappa shape index (κ1) is 16.1. The van der Waals surface area contributed by atoms with Crippen molar-refractivity contribution in [2.75, 3.05) is 13.1 Å². The van der Waals surface area contributed by atoms with Crippen LogP contribution >= 0.6 is 0 Å². The molecule has 0 unspecified atom stereocenters. The van der Waals surface area contributed by atoms with E-state index in [-0.39, 0.29) is 22.9 Å². The number of carbonyl (C=O) groups is 1. The van der Waals surface area contributed by atoms with Crippen LogP contribution < -0.4 is 9.46 Å². The van der Waals surface area contributed by atoms with Crippen molar-refractivity contribution in [2.24, 2.45) is 0 Å². The van der Waals surface area contributed by atoms with Crippen molar-refractivity contribution in [3.8, 4) is 5.75 Å². The zero-order chi connectivity index (χ0) is 17.4. The number of para-hydroxylation sites is 1. The van der Waals surface area contributed by atoms with Gasteiger partial charge < -0.3 is 14.6 Å². The number of ether oxygens (including phenoxy) is 1. The standard InChI is InChI=1S/C16H18N4O4S/c21-16(12-9-17-10-18-12)20-7-5-11-13(6-8-20)24-14-3-1-2-4-15(14)25(22,23)19-11/h1-4,9-11,13,19H,5-8H2,(H,17,18)/t11-,13-/m0/s1. The maximum atomic E-state index is 12.6. The number of H-pyrrole nitrogens is 1. The number of nitrogens with zero attached hydrogens (tertiary/aromatic N) is 2. The molecule has 1 amide bonds. The number of aromatic amines is 1. The second kappa shape index (κ2) is 6.16. The Kier molecular flexibility index (Phi) is 3.97. The van der Waals surface area contributed by atoms with E-state index in [0.29, 0.717) is 37.4 Å². The number of aromatic nitrogens is 2. The van der Waals surface area contributed by atoms with Crippen LogP contribution in [0.2, 0.25) is 0 Å². The lowest BCUT2D eigenvalue weighted by Gasteiger charge is -2.22. The molecule has 4 rings (SSSR count). The molecular formula is C16H18N4O4S. The predicted octanol–water partition coefficient (Wildman–Crippen LogP) is 0.754. The van der Waals surface area contributed by atoms with Gasteiger partial charge in [0.1, 0.15) is 22.4 Å². The summed E-state index contributed by atoms with van der Waals surface area (Å²) in [6.45, 7) is 0.935. The lowest BCUT2D eigenvalue weighted by atomic mass is 10.1. The maximum absolute atomic E-state index is 12.6. The third-order valence-electron chi connectivity index (χ3n) is 4.58. The first-order chi connectivity index (χ1) is 12.0. The van der Waals surface area contributed by atoms with Crippen LogP contribution in [0, 0.1) is 0 Å². The van der Waals surface area contributed by atoms with Crippen molar-refractivity contribution in [2.45, 2.75) is 29.9 Å². The number of imidazole rings is 1. The number of rotatable bonds is 1. The quantitative estimate of drug-likeness (QED) is 0.779. The Labute approximate surface area is 145 Å². The van der Waals surface area contributed by atoms with Crippen molar-refractivity contribution in [3.05, 3.63) is 42.5 Å².